The SMILES string of the molecule is CC1C(=O)NC(C(C)(C)C)C(=O)N1Cc1ccoc1. The minimum absolute atomic E-state index is 0.0409. The first-order chi connectivity index (χ1) is 8.80. The van der Waals surface area contributed by atoms with Crippen molar-refractivity contribution in [1.29, 1.82) is 0 Å². The minimum atomic E-state index is -0.483. The molecule has 1 fully saturated rings. The van der Waals surface area contributed by atoms with Gasteiger partial charge in [-0.15, -0.1) is 0 Å². The van der Waals surface area contributed by atoms with Gasteiger partial charge in [0.05, 0.1) is 12.5 Å². The van der Waals surface area contributed by atoms with Gasteiger partial charge < -0.3 is 14.6 Å². The van der Waals surface area contributed by atoms with Gasteiger partial charge in [-0.05, 0) is 18.4 Å². The summed E-state index contributed by atoms with van der Waals surface area (Å²) in [5.41, 5.74) is 0.587. The lowest BCUT2D eigenvalue weighted by molar-refractivity contribution is -0.152. The van der Waals surface area contributed by atoms with E-state index in [1.807, 2.05) is 20.8 Å². The van der Waals surface area contributed by atoms with E-state index in [0.29, 0.717) is 6.54 Å². The van der Waals surface area contributed by atoms with Crippen molar-refractivity contribution in [1.82, 2.24) is 10.2 Å². The van der Waals surface area contributed by atoms with Crippen LogP contribution in [0, 0.1) is 5.41 Å². The summed E-state index contributed by atoms with van der Waals surface area (Å²) in [6.45, 7) is 7.98. The van der Waals surface area contributed by atoms with Crippen LogP contribution >= 0.6 is 0 Å². The molecule has 1 aliphatic rings. The third kappa shape index (κ3) is 2.64. The Balaban J connectivity index is 2.24. The fraction of sp³-hybridized carbons (Fsp3) is 0.571. The molecule has 1 N–H and O–H groups in total. The van der Waals surface area contributed by atoms with Crippen LogP contribution in [-0.4, -0.2) is 28.8 Å². The van der Waals surface area contributed by atoms with Crippen molar-refractivity contribution in [2.75, 3.05) is 0 Å². The highest BCUT2D eigenvalue weighted by molar-refractivity contribution is 5.97. The average Bonchev–Trinajstić information content (AvgIpc) is 2.80. The van der Waals surface area contributed by atoms with E-state index in [-0.39, 0.29) is 17.2 Å². The van der Waals surface area contributed by atoms with Gasteiger partial charge in [-0.3, -0.25) is 9.59 Å². The summed E-state index contributed by atoms with van der Waals surface area (Å²) in [4.78, 5) is 26.2. The normalized spacial score (nSPS) is 24.5. The summed E-state index contributed by atoms with van der Waals surface area (Å²) in [5, 5.41) is 2.81. The number of carbonyl (C=O) groups excluding carboxylic acids is 2. The zero-order chi connectivity index (χ0) is 14.2. The second-order valence-corrected chi connectivity index (χ2v) is 6.08. The molecule has 2 unspecified atom stereocenters. The van der Waals surface area contributed by atoms with Crippen molar-refractivity contribution in [3.63, 3.8) is 0 Å². The molecule has 1 aromatic rings. The zero-order valence-electron chi connectivity index (χ0n) is 11.8. The molecule has 1 aromatic heterocycles. The maximum atomic E-state index is 12.5. The lowest BCUT2D eigenvalue weighted by Gasteiger charge is -2.42. The molecule has 2 atom stereocenters. The van der Waals surface area contributed by atoms with Gasteiger partial charge in [0.15, 0.2) is 0 Å². The number of amides is 2. The van der Waals surface area contributed by atoms with Gasteiger partial charge in [-0.25, -0.2) is 0 Å². The van der Waals surface area contributed by atoms with Crippen LogP contribution in [0.5, 0.6) is 0 Å². The monoisotopic (exact) mass is 264 g/mol. The van der Waals surface area contributed by atoms with Gasteiger partial charge in [-0.2, -0.15) is 0 Å². The number of nitrogens with one attached hydrogen (secondary N) is 1. The molecule has 5 heteroatoms. The van der Waals surface area contributed by atoms with Gasteiger partial charge in [0, 0.05) is 12.1 Å². The summed E-state index contributed by atoms with van der Waals surface area (Å²) in [6.07, 6.45) is 3.16. The molecule has 0 radical (unpaired) electrons. The van der Waals surface area contributed by atoms with Crippen molar-refractivity contribution in [3.8, 4) is 0 Å². The number of hydrogen-bond acceptors (Lipinski definition) is 3. The van der Waals surface area contributed by atoms with Crippen LogP contribution < -0.4 is 5.32 Å². The molecule has 0 bridgehead atoms. The molecule has 1 saturated heterocycles. The molecule has 2 heterocycles. The van der Waals surface area contributed by atoms with E-state index in [2.05, 4.69) is 5.32 Å². The van der Waals surface area contributed by atoms with E-state index in [1.165, 1.54) is 0 Å². The van der Waals surface area contributed by atoms with Crippen molar-refractivity contribution in [2.24, 2.45) is 5.41 Å². The van der Waals surface area contributed by atoms with E-state index in [9.17, 15) is 9.59 Å². The van der Waals surface area contributed by atoms with Crippen molar-refractivity contribution < 1.29 is 14.0 Å². The van der Waals surface area contributed by atoms with E-state index < -0.39 is 12.1 Å². The number of piperazine rings is 1. The van der Waals surface area contributed by atoms with Crippen molar-refractivity contribution in [2.45, 2.75) is 46.3 Å². The first kappa shape index (κ1) is 13.6. The summed E-state index contributed by atoms with van der Waals surface area (Å²) in [6, 6.07) is 0.864. The van der Waals surface area contributed by atoms with E-state index in [0.717, 1.165) is 5.56 Å². The Morgan fingerprint density at radius 2 is 2.05 bits per heavy atom. The number of rotatable bonds is 2. The van der Waals surface area contributed by atoms with Gasteiger partial charge >= 0.3 is 0 Å². The van der Waals surface area contributed by atoms with Crippen LogP contribution in [0.4, 0.5) is 0 Å². The fourth-order valence-corrected chi connectivity index (χ4v) is 2.20. The van der Waals surface area contributed by atoms with E-state index in [1.54, 1.807) is 30.4 Å². The first-order valence-electron chi connectivity index (χ1n) is 6.42. The third-order valence-corrected chi connectivity index (χ3v) is 3.46. The number of hydrogen-bond donors (Lipinski definition) is 1. The zero-order valence-corrected chi connectivity index (χ0v) is 11.8. The number of nitrogens with zero attached hydrogens (tertiary/aromatic N) is 1. The Kier molecular flexibility index (Phi) is 3.39. The largest absolute Gasteiger partial charge is 0.472 e. The lowest BCUT2D eigenvalue weighted by Crippen LogP contribution is -2.65. The van der Waals surface area contributed by atoms with Crippen LogP contribution in [0.2, 0.25) is 0 Å². The van der Waals surface area contributed by atoms with Gasteiger partial charge in [-0.1, -0.05) is 20.8 Å². The second-order valence-electron chi connectivity index (χ2n) is 6.08. The molecule has 0 saturated carbocycles. The lowest BCUT2D eigenvalue weighted by atomic mass is 9.84. The van der Waals surface area contributed by atoms with Gasteiger partial charge in [0.1, 0.15) is 12.1 Å². The molecule has 0 spiro atoms. The summed E-state index contributed by atoms with van der Waals surface area (Å²) < 4.78 is 5.01. The maximum absolute atomic E-state index is 12.5. The van der Waals surface area contributed by atoms with E-state index in [4.69, 9.17) is 4.42 Å². The number of carbonyl (C=O) groups is 2. The third-order valence-electron chi connectivity index (χ3n) is 3.46. The van der Waals surface area contributed by atoms with Crippen LogP contribution in [0.25, 0.3) is 0 Å². The molecule has 2 rings (SSSR count). The number of furan rings is 1. The summed E-state index contributed by atoms with van der Waals surface area (Å²) >= 11 is 0. The Labute approximate surface area is 113 Å². The molecule has 5 nitrogen and oxygen atoms in total. The van der Waals surface area contributed by atoms with Crippen LogP contribution in [0.3, 0.4) is 0 Å². The Bertz CT molecular complexity index is 473. The Morgan fingerprint density at radius 3 is 2.58 bits per heavy atom. The molecule has 0 aromatic carbocycles. The highest BCUT2D eigenvalue weighted by Gasteiger charge is 2.43. The summed E-state index contributed by atoms with van der Waals surface area (Å²) in [7, 11) is 0. The average molecular weight is 264 g/mol. The molecular formula is C14H20N2O3. The molecule has 2 amide bonds. The fourth-order valence-electron chi connectivity index (χ4n) is 2.20. The highest BCUT2D eigenvalue weighted by atomic mass is 16.3. The smallest absolute Gasteiger partial charge is 0.246 e. The van der Waals surface area contributed by atoms with Crippen LogP contribution in [-0.2, 0) is 16.1 Å². The molecule has 0 aliphatic carbocycles. The minimum Gasteiger partial charge on any atom is -0.472 e. The van der Waals surface area contributed by atoms with Crippen molar-refractivity contribution in [3.05, 3.63) is 24.2 Å². The van der Waals surface area contributed by atoms with Crippen LogP contribution in [0.15, 0.2) is 23.0 Å². The molecule has 1 aliphatic heterocycles. The van der Waals surface area contributed by atoms with Crippen molar-refractivity contribution >= 4 is 11.8 Å². The molecule has 19 heavy (non-hydrogen) atoms. The predicted molar refractivity (Wildman–Crippen MR) is 70.1 cm³/mol. The standard InChI is InChI=1S/C14H20N2O3/c1-9-12(17)15-11(14(2,3)4)13(18)16(9)7-10-5-6-19-8-10/h5-6,8-9,11H,7H2,1-4H3,(H,15,17). The molecule has 104 valence electrons. The Morgan fingerprint density at radius 1 is 1.37 bits per heavy atom. The quantitative estimate of drug-likeness (QED) is 0.881. The predicted octanol–water partition coefficient (Wildman–Crippen LogP) is 1.54. The van der Waals surface area contributed by atoms with Crippen LogP contribution in [0.1, 0.15) is 33.3 Å². The van der Waals surface area contributed by atoms with Gasteiger partial charge in [0.2, 0.25) is 11.8 Å². The summed E-state index contributed by atoms with van der Waals surface area (Å²) in [5.74, 6) is -0.149. The van der Waals surface area contributed by atoms with E-state index >= 15 is 0 Å². The molecular weight excluding hydrogens is 244 g/mol. The maximum Gasteiger partial charge on any atom is 0.246 e. The van der Waals surface area contributed by atoms with Gasteiger partial charge in [0.25, 0.3) is 0 Å². The Hall–Kier alpha value is -1.78. The topological polar surface area (TPSA) is 62.6 Å². The highest BCUT2D eigenvalue weighted by Crippen LogP contribution is 2.26. The first-order valence-corrected chi connectivity index (χ1v) is 6.42. The second kappa shape index (κ2) is 4.72.